The standard InChI is InChI=1S/C25H27FN6O/c1-25(10-13-31(14-11-25)15-17-3-2-4-22-20(17)9-12-28-22)32-16-21(23(27)33)24(30-32)29-19-7-5-18(26)6-8-19/h2-9,12,16,28H,10-11,13-15H2,1H3,(H2,27,33)(H,29,30). The molecule has 4 aromatic rings. The predicted molar refractivity (Wildman–Crippen MR) is 127 cm³/mol. The Bertz CT molecular complexity index is 1280. The van der Waals surface area contributed by atoms with E-state index in [9.17, 15) is 9.18 Å². The molecule has 1 aliphatic rings. The van der Waals surface area contributed by atoms with E-state index in [1.807, 2.05) is 10.9 Å². The van der Waals surface area contributed by atoms with Crippen LogP contribution in [0, 0.1) is 5.82 Å². The van der Waals surface area contributed by atoms with Gasteiger partial charge >= 0.3 is 0 Å². The zero-order valence-electron chi connectivity index (χ0n) is 18.5. The number of nitrogens with zero attached hydrogens (tertiary/aromatic N) is 3. The maximum atomic E-state index is 13.2. The highest BCUT2D eigenvalue weighted by Crippen LogP contribution is 2.33. The molecule has 0 aliphatic carbocycles. The highest BCUT2D eigenvalue weighted by Gasteiger charge is 2.34. The van der Waals surface area contributed by atoms with Crippen molar-refractivity contribution in [3.63, 3.8) is 0 Å². The quantitative estimate of drug-likeness (QED) is 0.410. The summed E-state index contributed by atoms with van der Waals surface area (Å²) < 4.78 is 15.1. The van der Waals surface area contributed by atoms with Crippen LogP contribution in [-0.4, -0.2) is 38.7 Å². The Morgan fingerprint density at radius 1 is 1.18 bits per heavy atom. The molecule has 0 bridgehead atoms. The lowest BCUT2D eigenvalue weighted by Gasteiger charge is -2.39. The monoisotopic (exact) mass is 446 g/mol. The van der Waals surface area contributed by atoms with Crippen molar-refractivity contribution in [1.29, 1.82) is 0 Å². The molecule has 0 radical (unpaired) electrons. The van der Waals surface area contributed by atoms with E-state index in [4.69, 9.17) is 5.73 Å². The zero-order chi connectivity index (χ0) is 23.0. The van der Waals surface area contributed by atoms with E-state index in [1.54, 1.807) is 18.3 Å². The van der Waals surface area contributed by atoms with Gasteiger partial charge in [0.25, 0.3) is 5.91 Å². The maximum absolute atomic E-state index is 13.2. The topological polar surface area (TPSA) is 92.0 Å². The molecule has 1 aliphatic heterocycles. The Kier molecular flexibility index (Phi) is 5.38. The van der Waals surface area contributed by atoms with Gasteiger partial charge in [0, 0.05) is 48.6 Å². The van der Waals surface area contributed by atoms with E-state index >= 15 is 0 Å². The van der Waals surface area contributed by atoms with Gasteiger partial charge in [0.15, 0.2) is 5.82 Å². The van der Waals surface area contributed by atoms with Crippen LogP contribution >= 0.6 is 0 Å². The highest BCUT2D eigenvalue weighted by molar-refractivity contribution is 5.98. The summed E-state index contributed by atoms with van der Waals surface area (Å²) in [5, 5.41) is 9.04. The van der Waals surface area contributed by atoms with Crippen molar-refractivity contribution >= 4 is 28.3 Å². The number of hydrogen-bond donors (Lipinski definition) is 3. The molecule has 0 spiro atoms. The fourth-order valence-electron chi connectivity index (χ4n) is 4.54. The molecule has 1 amide bonds. The van der Waals surface area contributed by atoms with E-state index in [2.05, 4.69) is 51.5 Å². The second-order valence-corrected chi connectivity index (χ2v) is 8.96. The largest absolute Gasteiger partial charge is 0.365 e. The number of rotatable bonds is 6. The Morgan fingerprint density at radius 2 is 1.94 bits per heavy atom. The van der Waals surface area contributed by atoms with Crippen molar-refractivity contribution in [2.24, 2.45) is 5.73 Å². The van der Waals surface area contributed by atoms with Crippen LogP contribution in [0.15, 0.2) is 60.9 Å². The first-order valence-electron chi connectivity index (χ1n) is 11.1. The van der Waals surface area contributed by atoms with Gasteiger partial charge in [-0.05, 0) is 61.7 Å². The molecule has 3 heterocycles. The maximum Gasteiger partial charge on any atom is 0.254 e. The van der Waals surface area contributed by atoms with Gasteiger partial charge in [-0.3, -0.25) is 14.4 Å². The summed E-state index contributed by atoms with van der Waals surface area (Å²) in [5.74, 6) is -0.489. The molecule has 0 atom stereocenters. The van der Waals surface area contributed by atoms with Gasteiger partial charge in [0.2, 0.25) is 0 Å². The number of nitrogens with one attached hydrogen (secondary N) is 2. The van der Waals surface area contributed by atoms with E-state index in [0.29, 0.717) is 17.1 Å². The predicted octanol–water partition coefficient (Wildman–Crippen LogP) is 4.36. The smallest absolute Gasteiger partial charge is 0.254 e. The van der Waals surface area contributed by atoms with Gasteiger partial charge in [-0.2, -0.15) is 5.10 Å². The number of carbonyl (C=O) groups excluding carboxylic acids is 1. The molecule has 2 aromatic carbocycles. The lowest BCUT2D eigenvalue weighted by molar-refractivity contribution is 0.0997. The van der Waals surface area contributed by atoms with Gasteiger partial charge in [0.05, 0.1) is 5.54 Å². The van der Waals surface area contributed by atoms with Gasteiger partial charge in [-0.1, -0.05) is 12.1 Å². The van der Waals surface area contributed by atoms with Crippen LogP contribution in [0.4, 0.5) is 15.9 Å². The number of piperidine rings is 1. The van der Waals surface area contributed by atoms with Crippen molar-refractivity contribution < 1.29 is 9.18 Å². The molecule has 0 saturated carbocycles. The van der Waals surface area contributed by atoms with Crippen LogP contribution in [-0.2, 0) is 12.1 Å². The third-order valence-electron chi connectivity index (χ3n) is 6.65. The number of benzene rings is 2. The van der Waals surface area contributed by atoms with Crippen molar-refractivity contribution in [3.05, 3.63) is 77.9 Å². The summed E-state index contributed by atoms with van der Waals surface area (Å²) in [4.78, 5) is 17.8. The lowest BCUT2D eigenvalue weighted by Crippen LogP contribution is -2.44. The lowest BCUT2D eigenvalue weighted by atomic mass is 9.89. The zero-order valence-corrected chi connectivity index (χ0v) is 18.5. The Hall–Kier alpha value is -3.65. The number of carbonyl (C=O) groups is 1. The van der Waals surface area contributed by atoms with E-state index < -0.39 is 5.91 Å². The SMILES string of the molecule is CC1(n2cc(C(N)=O)c(Nc3ccc(F)cc3)n2)CCN(Cc2cccc3[nH]ccc23)CC1. The Balaban J connectivity index is 1.31. The molecule has 1 fully saturated rings. The number of hydrogen-bond acceptors (Lipinski definition) is 4. The van der Waals surface area contributed by atoms with Crippen molar-refractivity contribution in [3.8, 4) is 0 Å². The average Bonchev–Trinajstić information content (AvgIpc) is 3.45. The van der Waals surface area contributed by atoms with E-state index in [1.165, 1.54) is 23.1 Å². The fraction of sp³-hybridized carbons (Fsp3) is 0.280. The minimum atomic E-state index is -0.550. The van der Waals surface area contributed by atoms with Crippen LogP contribution in [0.1, 0.15) is 35.7 Å². The van der Waals surface area contributed by atoms with Gasteiger partial charge in [-0.25, -0.2) is 4.39 Å². The molecule has 7 nitrogen and oxygen atoms in total. The number of aromatic nitrogens is 3. The number of likely N-dealkylation sites (tertiary alicyclic amines) is 1. The van der Waals surface area contributed by atoms with Crippen molar-refractivity contribution in [2.75, 3.05) is 18.4 Å². The normalized spacial score (nSPS) is 16.2. The van der Waals surface area contributed by atoms with Crippen LogP contribution in [0.5, 0.6) is 0 Å². The van der Waals surface area contributed by atoms with Crippen LogP contribution in [0.25, 0.3) is 10.9 Å². The van der Waals surface area contributed by atoms with Crippen LogP contribution in [0.2, 0.25) is 0 Å². The first kappa shape index (κ1) is 21.2. The number of primary amides is 1. The number of nitrogens with two attached hydrogens (primary N) is 1. The number of H-pyrrole nitrogens is 1. The minimum absolute atomic E-state index is 0.233. The molecule has 8 heteroatoms. The number of anilines is 2. The van der Waals surface area contributed by atoms with E-state index in [0.717, 1.165) is 38.0 Å². The summed E-state index contributed by atoms with van der Waals surface area (Å²) in [6, 6.07) is 14.4. The number of halogens is 1. The van der Waals surface area contributed by atoms with Gasteiger partial charge in [-0.15, -0.1) is 0 Å². The molecule has 0 unspecified atom stereocenters. The summed E-state index contributed by atoms with van der Waals surface area (Å²) in [6.45, 7) is 4.90. The second-order valence-electron chi connectivity index (χ2n) is 8.96. The van der Waals surface area contributed by atoms with Gasteiger partial charge < -0.3 is 16.0 Å². The first-order valence-corrected chi connectivity index (χ1v) is 11.1. The minimum Gasteiger partial charge on any atom is -0.365 e. The average molecular weight is 447 g/mol. The molecule has 1 saturated heterocycles. The number of amides is 1. The van der Waals surface area contributed by atoms with E-state index in [-0.39, 0.29) is 11.4 Å². The fourth-order valence-corrected chi connectivity index (χ4v) is 4.54. The number of fused-ring (bicyclic) bond motifs is 1. The molecule has 170 valence electrons. The Labute approximate surface area is 191 Å². The summed E-state index contributed by atoms with van der Waals surface area (Å²) in [5.41, 5.74) is 8.83. The van der Waals surface area contributed by atoms with Crippen LogP contribution < -0.4 is 11.1 Å². The third-order valence-corrected chi connectivity index (χ3v) is 6.65. The second kappa shape index (κ2) is 8.37. The molecule has 5 rings (SSSR count). The van der Waals surface area contributed by atoms with Crippen molar-refractivity contribution in [2.45, 2.75) is 31.8 Å². The van der Waals surface area contributed by atoms with Crippen molar-refractivity contribution in [1.82, 2.24) is 19.7 Å². The summed E-state index contributed by atoms with van der Waals surface area (Å²) in [6.07, 6.45) is 5.50. The summed E-state index contributed by atoms with van der Waals surface area (Å²) >= 11 is 0. The number of aromatic amines is 1. The molecule has 33 heavy (non-hydrogen) atoms. The molecular formula is C25H27FN6O. The summed E-state index contributed by atoms with van der Waals surface area (Å²) in [7, 11) is 0. The molecule has 4 N–H and O–H groups in total. The highest BCUT2D eigenvalue weighted by atomic mass is 19.1. The van der Waals surface area contributed by atoms with Gasteiger partial charge in [0.1, 0.15) is 11.4 Å². The Morgan fingerprint density at radius 3 is 2.67 bits per heavy atom. The third kappa shape index (κ3) is 4.21. The molecule has 2 aromatic heterocycles. The van der Waals surface area contributed by atoms with Crippen LogP contribution in [0.3, 0.4) is 0 Å². The first-order chi connectivity index (χ1) is 15.9. The molecular weight excluding hydrogens is 419 g/mol.